The van der Waals surface area contributed by atoms with Crippen molar-refractivity contribution in [2.75, 3.05) is 6.54 Å². The van der Waals surface area contributed by atoms with Gasteiger partial charge in [0.15, 0.2) is 0 Å². The molecule has 1 aliphatic heterocycles. The minimum absolute atomic E-state index is 0.0268. The molecule has 0 spiro atoms. The first-order valence-corrected chi connectivity index (χ1v) is 7.39. The zero-order valence-corrected chi connectivity index (χ0v) is 12.1. The van der Waals surface area contributed by atoms with Crippen molar-refractivity contribution in [2.24, 2.45) is 5.92 Å². The first-order valence-electron chi connectivity index (χ1n) is 7.39. The molecule has 0 radical (unpaired) electrons. The molecule has 3 nitrogen and oxygen atoms in total. The lowest BCUT2D eigenvalue weighted by atomic mass is 9.93. The van der Waals surface area contributed by atoms with Crippen molar-refractivity contribution < 1.29 is 4.79 Å². The Kier molecular flexibility index (Phi) is 4.02. The van der Waals surface area contributed by atoms with Crippen LogP contribution in [0.2, 0.25) is 0 Å². The van der Waals surface area contributed by atoms with Crippen molar-refractivity contribution in [3.63, 3.8) is 0 Å². The molecule has 3 rings (SSSR count). The maximum atomic E-state index is 12.2. The highest BCUT2D eigenvalue weighted by Crippen LogP contribution is 2.28. The number of hydrogen-bond donors (Lipinski definition) is 2. The van der Waals surface area contributed by atoms with E-state index in [-0.39, 0.29) is 23.9 Å². The number of benzene rings is 2. The molecule has 1 aliphatic rings. The maximum absolute atomic E-state index is 12.2. The van der Waals surface area contributed by atoms with Gasteiger partial charge in [-0.05, 0) is 11.1 Å². The van der Waals surface area contributed by atoms with Crippen LogP contribution in [0.15, 0.2) is 60.7 Å². The smallest absolute Gasteiger partial charge is 0.224 e. The normalized spacial score (nSPS) is 26.0. The Hall–Kier alpha value is -2.13. The van der Waals surface area contributed by atoms with E-state index in [9.17, 15) is 4.79 Å². The van der Waals surface area contributed by atoms with Gasteiger partial charge in [0.05, 0.1) is 12.0 Å². The average Bonchev–Trinajstić information content (AvgIpc) is 2.69. The average molecular weight is 280 g/mol. The Bertz CT molecular complexity index is 597. The first kappa shape index (κ1) is 13.8. The van der Waals surface area contributed by atoms with E-state index in [0.29, 0.717) is 6.54 Å². The topological polar surface area (TPSA) is 41.1 Å². The molecular formula is C18H20N2O. The molecule has 1 fully saturated rings. The van der Waals surface area contributed by atoms with Crippen LogP contribution in [-0.4, -0.2) is 12.5 Å². The molecule has 3 heteroatoms. The van der Waals surface area contributed by atoms with E-state index in [2.05, 4.69) is 34.9 Å². The molecular weight excluding hydrogens is 260 g/mol. The van der Waals surface area contributed by atoms with Crippen molar-refractivity contribution >= 4 is 5.91 Å². The number of nitrogens with one attached hydrogen (secondary N) is 2. The van der Waals surface area contributed by atoms with E-state index in [4.69, 9.17) is 0 Å². The largest absolute Gasteiger partial charge is 0.354 e. The summed E-state index contributed by atoms with van der Waals surface area (Å²) in [4.78, 5) is 12.2. The molecule has 3 atom stereocenters. The van der Waals surface area contributed by atoms with Gasteiger partial charge in [-0.3, -0.25) is 4.79 Å². The van der Waals surface area contributed by atoms with Gasteiger partial charge in [0.2, 0.25) is 5.91 Å². The Morgan fingerprint density at radius 2 is 1.48 bits per heavy atom. The molecule has 3 unspecified atom stereocenters. The fourth-order valence-electron chi connectivity index (χ4n) is 2.88. The summed E-state index contributed by atoms with van der Waals surface area (Å²) in [7, 11) is 0. The van der Waals surface area contributed by atoms with Gasteiger partial charge in [-0.2, -0.15) is 0 Å². The van der Waals surface area contributed by atoms with E-state index in [1.807, 2.05) is 43.3 Å². The Morgan fingerprint density at radius 3 is 2.10 bits per heavy atom. The molecule has 1 amide bonds. The highest BCUT2D eigenvalue weighted by Gasteiger charge is 2.31. The van der Waals surface area contributed by atoms with Gasteiger partial charge in [0, 0.05) is 12.6 Å². The third-order valence-corrected chi connectivity index (χ3v) is 4.14. The zero-order chi connectivity index (χ0) is 14.7. The molecule has 21 heavy (non-hydrogen) atoms. The van der Waals surface area contributed by atoms with Gasteiger partial charge in [-0.15, -0.1) is 0 Å². The van der Waals surface area contributed by atoms with Crippen LogP contribution >= 0.6 is 0 Å². The van der Waals surface area contributed by atoms with Crippen LogP contribution in [0, 0.1) is 5.92 Å². The summed E-state index contributed by atoms with van der Waals surface area (Å²) in [6.45, 7) is 2.60. The molecule has 1 heterocycles. The van der Waals surface area contributed by atoms with Gasteiger partial charge in [-0.25, -0.2) is 0 Å². The SMILES string of the molecule is CC1C(=O)NCC(c2ccccc2)NC1c1ccccc1. The fraction of sp³-hybridized carbons (Fsp3) is 0.278. The molecule has 2 aromatic carbocycles. The number of amides is 1. The maximum Gasteiger partial charge on any atom is 0.224 e. The molecule has 0 bridgehead atoms. The van der Waals surface area contributed by atoms with Gasteiger partial charge in [0.1, 0.15) is 0 Å². The van der Waals surface area contributed by atoms with Crippen LogP contribution in [0.5, 0.6) is 0 Å². The third-order valence-electron chi connectivity index (χ3n) is 4.14. The fourth-order valence-corrected chi connectivity index (χ4v) is 2.88. The molecule has 1 saturated heterocycles. The predicted molar refractivity (Wildman–Crippen MR) is 83.7 cm³/mol. The summed E-state index contributed by atoms with van der Waals surface area (Å²) < 4.78 is 0. The summed E-state index contributed by atoms with van der Waals surface area (Å²) >= 11 is 0. The van der Waals surface area contributed by atoms with Crippen molar-refractivity contribution in [1.82, 2.24) is 10.6 Å². The molecule has 2 aromatic rings. The number of carbonyl (C=O) groups is 1. The molecule has 0 saturated carbocycles. The van der Waals surface area contributed by atoms with Crippen LogP contribution in [0.25, 0.3) is 0 Å². The van der Waals surface area contributed by atoms with Crippen LogP contribution in [0.4, 0.5) is 0 Å². The van der Waals surface area contributed by atoms with Crippen molar-refractivity contribution in [3.05, 3.63) is 71.8 Å². The predicted octanol–water partition coefficient (Wildman–Crippen LogP) is 2.82. The van der Waals surface area contributed by atoms with E-state index in [1.54, 1.807) is 0 Å². The van der Waals surface area contributed by atoms with Gasteiger partial charge in [0.25, 0.3) is 0 Å². The van der Waals surface area contributed by atoms with Crippen LogP contribution in [0.3, 0.4) is 0 Å². The van der Waals surface area contributed by atoms with E-state index < -0.39 is 0 Å². The Morgan fingerprint density at radius 1 is 0.905 bits per heavy atom. The second-order valence-corrected chi connectivity index (χ2v) is 5.55. The third kappa shape index (κ3) is 2.98. The van der Waals surface area contributed by atoms with E-state index in [1.165, 1.54) is 5.56 Å². The summed E-state index contributed by atoms with van der Waals surface area (Å²) in [5, 5.41) is 6.69. The summed E-state index contributed by atoms with van der Waals surface area (Å²) in [6, 6.07) is 20.6. The Balaban J connectivity index is 1.91. The standard InChI is InChI=1S/C18H20N2O/c1-13-17(15-10-6-3-7-11-15)20-16(12-19-18(13)21)14-8-4-2-5-9-14/h2-11,13,16-17,20H,12H2,1H3,(H,19,21). The van der Waals surface area contributed by atoms with Crippen LogP contribution in [0.1, 0.15) is 30.1 Å². The van der Waals surface area contributed by atoms with Crippen molar-refractivity contribution in [1.29, 1.82) is 0 Å². The minimum atomic E-state index is -0.0962. The first-order chi connectivity index (χ1) is 10.3. The van der Waals surface area contributed by atoms with E-state index >= 15 is 0 Å². The van der Waals surface area contributed by atoms with Crippen LogP contribution < -0.4 is 10.6 Å². The zero-order valence-electron chi connectivity index (χ0n) is 12.1. The quantitative estimate of drug-likeness (QED) is 0.888. The highest BCUT2D eigenvalue weighted by atomic mass is 16.1. The van der Waals surface area contributed by atoms with Gasteiger partial charge >= 0.3 is 0 Å². The lowest BCUT2D eigenvalue weighted by molar-refractivity contribution is -0.124. The summed E-state index contributed by atoms with van der Waals surface area (Å²) in [6.07, 6.45) is 0. The van der Waals surface area contributed by atoms with Crippen molar-refractivity contribution in [3.8, 4) is 0 Å². The minimum Gasteiger partial charge on any atom is -0.354 e. The number of carbonyl (C=O) groups excluding carboxylic acids is 1. The molecule has 2 N–H and O–H groups in total. The summed E-state index contributed by atoms with van der Waals surface area (Å²) in [5.74, 6) is 0.0101. The van der Waals surface area contributed by atoms with E-state index in [0.717, 1.165) is 5.56 Å². The number of hydrogen-bond acceptors (Lipinski definition) is 2. The van der Waals surface area contributed by atoms with Gasteiger partial charge in [-0.1, -0.05) is 67.6 Å². The van der Waals surface area contributed by atoms with Gasteiger partial charge < -0.3 is 10.6 Å². The monoisotopic (exact) mass is 280 g/mol. The number of rotatable bonds is 2. The van der Waals surface area contributed by atoms with Crippen LogP contribution in [-0.2, 0) is 4.79 Å². The molecule has 108 valence electrons. The second kappa shape index (κ2) is 6.10. The summed E-state index contributed by atoms with van der Waals surface area (Å²) in [5.41, 5.74) is 2.36. The van der Waals surface area contributed by atoms with Crippen molar-refractivity contribution in [2.45, 2.75) is 19.0 Å². The lowest BCUT2D eigenvalue weighted by Crippen LogP contribution is -2.31. The second-order valence-electron chi connectivity index (χ2n) is 5.55. The molecule has 0 aromatic heterocycles. The highest BCUT2D eigenvalue weighted by molar-refractivity contribution is 5.79. The lowest BCUT2D eigenvalue weighted by Gasteiger charge is -2.25. The Labute approximate surface area is 125 Å². The molecule has 0 aliphatic carbocycles.